The monoisotopic (exact) mass is 300 g/mol. The van der Waals surface area contributed by atoms with Crippen LogP contribution in [0.1, 0.15) is 0 Å². The van der Waals surface area contributed by atoms with Crippen molar-refractivity contribution in [3.63, 3.8) is 0 Å². The van der Waals surface area contributed by atoms with Crippen molar-refractivity contribution in [3.05, 3.63) is 18.2 Å². The summed E-state index contributed by atoms with van der Waals surface area (Å²) in [6, 6.07) is 5.11. The van der Waals surface area contributed by atoms with Gasteiger partial charge < -0.3 is 14.6 Å². The van der Waals surface area contributed by atoms with Crippen LogP contribution in [0, 0.1) is 0 Å². The molecule has 9 heteroatoms. The number of hydrogen-bond acceptors (Lipinski definition) is 8. The smallest absolute Gasteiger partial charge is 0.146 e. The summed E-state index contributed by atoms with van der Waals surface area (Å²) < 4.78 is 9.87. The van der Waals surface area contributed by atoms with E-state index in [0.717, 1.165) is 21.9 Å². The molecule has 0 radical (unpaired) electrons. The highest BCUT2D eigenvalue weighted by molar-refractivity contribution is 7.94. The van der Waals surface area contributed by atoms with E-state index in [1.54, 1.807) is 18.2 Å². The number of methoxy groups -OCH3 is 1. The third-order valence-electron chi connectivity index (χ3n) is 2.01. The predicted octanol–water partition coefficient (Wildman–Crippen LogP) is 0.961. The second-order valence-corrected chi connectivity index (χ2v) is 4.30. The summed E-state index contributed by atoms with van der Waals surface area (Å²) >= 11 is 1.00. The maximum absolute atomic E-state index is 10.4. The van der Waals surface area contributed by atoms with Crippen LogP contribution in [-0.2, 0) is 14.0 Å². The zero-order valence-corrected chi connectivity index (χ0v) is 12.0. The Morgan fingerprint density at radius 1 is 1.45 bits per heavy atom. The number of carbonyl (C=O) groups excluding carboxylic acids is 1. The van der Waals surface area contributed by atoms with Crippen molar-refractivity contribution in [2.45, 2.75) is 4.90 Å². The Hall–Kier alpha value is -1.84. The fourth-order valence-corrected chi connectivity index (χ4v) is 1.65. The zero-order valence-electron chi connectivity index (χ0n) is 11.2. The molecular formula is C11H14N3O5S-. The first kappa shape index (κ1) is 16.2. The van der Waals surface area contributed by atoms with Gasteiger partial charge in [0.25, 0.3) is 0 Å². The van der Waals surface area contributed by atoms with Crippen LogP contribution in [-0.4, -0.2) is 38.8 Å². The van der Waals surface area contributed by atoms with Gasteiger partial charge in [0.2, 0.25) is 0 Å². The molecule has 0 amide bonds. The van der Waals surface area contributed by atoms with Crippen LogP contribution < -0.4 is 9.84 Å². The molecule has 0 spiro atoms. The first-order chi connectivity index (χ1) is 9.56. The average Bonchev–Trinajstić information content (AvgIpc) is 2.42. The lowest BCUT2D eigenvalue weighted by Gasteiger charge is -2.11. The van der Waals surface area contributed by atoms with Gasteiger partial charge in [0.15, 0.2) is 0 Å². The molecule has 0 bridgehead atoms. The Balaban J connectivity index is 2.84. The van der Waals surface area contributed by atoms with Crippen LogP contribution >= 0.6 is 12.0 Å². The van der Waals surface area contributed by atoms with Gasteiger partial charge in [-0.1, -0.05) is 5.22 Å². The molecule has 0 N–H and O–H groups in total. The number of nitrogens with zero attached hydrogens (tertiary/aromatic N) is 3. The molecule has 0 aliphatic heterocycles. The van der Waals surface area contributed by atoms with Gasteiger partial charge in [0.05, 0.1) is 38.8 Å². The molecule has 1 rings (SSSR count). The van der Waals surface area contributed by atoms with E-state index in [1.165, 1.54) is 21.3 Å². The zero-order chi connectivity index (χ0) is 15.0. The fourth-order valence-electron chi connectivity index (χ4n) is 1.22. The number of ether oxygens (including phenoxy) is 1. The van der Waals surface area contributed by atoms with Crippen molar-refractivity contribution >= 4 is 23.7 Å². The molecule has 20 heavy (non-hydrogen) atoms. The van der Waals surface area contributed by atoms with E-state index < -0.39 is 5.97 Å². The Morgan fingerprint density at radius 2 is 2.20 bits per heavy atom. The molecule has 8 nitrogen and oxygen atoms in total. The van der Waals surface area contributed by atoms with Crippen molar-refractivity contribution in [2.75, 3.05) is 27.8 Å². The van der Waals surface area contributed by atoms with Crippen LogP contribution in [0.15, 0.2) is 33.4 Å². The van der Waals surface area contributed by atoms with E-state index >= 15 is 0 Å². The molecule has 0 saturated carbocycles. The second kappa shape index (κ2) is 8.35. The molecule has 0 aliphatic carbocycles. The summed E-state index contributed by atoms with van der Waals surface area (Å²) in [5.41, 5.74) is 0.433. The molecule has 1 aromatic carbocycles. The van der Waals surface area contributed by atoms with E-state index in [4.69, 9.17) is 9.07 Å². The topological polar surface area (TPSA) is 95.8 Å². The Bertz CT molecular complexity index is 483. The normalized spacial score (nSPS) is 10.8. The van der Waals surface area contributed by atoms with Gasteiger partial charge in [0, 0.05) is 11.9 Å². The maximum Gasteiger partial charge on any atom is 0.146 e. The molecule has 1 aromatic rings. The van der Waals surface area contributed by atoms with E-state index in [2.05, 4.69) is 15.2 Å². The fraction of sp³-hybridized carbons (Fsp3) is 0.364. The number of benzene rings is 1. The molecule has 0 heterocycles. The lowest BCUT2D eigenvalue weighted by molar-refractivity contribution is -0.306. The van der Waals surface area contributed by atoms with Gasteiger partial charge in [0.1, 0.15) is 11.4 Å². The highest BCUT2D eigenvalue weighted by Gasteiger charge is 2.05. The largest absolute Gasteiger partial charge is 0.548 e. The summed E-state index contributed by atoms with van der Waals surface area (Å²) in [5, 5.41) is 19.2. The van der Waals surface area contributed by atoms with E-state index in [-0.39, 0.29) is 6.54 Å². The van der Waals surface area contributed by atoms with E-state index in [0.29, 0.717) is 11.4 Å². The third kappa shape index (κ3) is 5.43. The van der Waals surface area contributed by atoms with Crippen molar-refractivity contribution in [2.24, 2.45) is 10.3 Å². The quantitative estimate of drug-likeness (QED) is 0.305. The highest BCUT2D eigenvalue weighted by Crippen LogP contribution is 2.33. The van der Waals surface area contributed by atoms with Gasteiger partial charge in [-0.15, -0.1) is 5.11 Å². The highest BCUT2D eigenvalue weighted by atomic mass is 32.2. The first-order valence-corrected chi connectivity index (χ1v) is 6.19. The van der Waals surface area contributed by atoms with E-state index in [9.17, 15) is 9.90 Å². The number of carboxylic acids is 1. The van der Waals surface area contributed by atoms with Gasteiger partial charge in [-0.05, 0) is 18.2 Å². The molecule has 0 fully saturated rings. The summed E-state index contributed by atoms with van der Waals surface area (Å²) in [7, 11) is 4.36. The SMILES string of the molecule is COOSc1ccc(OC)c(N=NN(C)CC(=O)[O-])c1. The minimum Gasteiger partial charge on any atom is -0.548 e. The van der Waals surface area contributed by atoms with Crippen molar-refractivity contribution in [3.8, 4) is 5.75 Å². The molecule has 0 aromatic heterocycles. The number of carbonyl (C=O) groups is 1. The molecule has 0 unspecified atom stereocenters. The average molecular weight is 300 g/mol. The van der Waals surface area contributed by atoms with Crippen molar-refractivity contribution in [1.82, 2.24) is 5.01 Å². The first-order valence-electron chi connectivity index (χ1n) is 5.44. The van der Waals surface area contributed by atoms with Crippen molar-refractivity contribution < 1.29 is 23.9 Å². The number of hydrogen-bond donors (Lipinski definition) is 0. The lowest BCUT2D eigenvalue weighted by Crippen LogP contribution is -2.33. The lowest BCUT2D eigenvalue weighted by atomic mass is 10.3. The molecule has 0 atom stereocenters. The minimum absolute atomic E-state index is 0.354. The molecular weight excluding hydrogens is 286 g/mol. The van der Waals surface area contributed by atoms with Gasteiger partial charge >= 0.3 is 0 Å². The molecule has 0 aliphatic rings. The van der Waals surface area contributed by atoms with Gasteiger partial charge in [-0.2, -0.15) is 4.33 Å². The van der Waals surface area contributed by atoms with Crippen molar-refractivity contribution in [1.29, 1.82) is 0 Å². The van der Waals surface area contributed by atoms with Gasteiger partial charge in [-0.25, -0.2) is 4.89 Å². The van der Waals surface area contributed by atoms with Crippen LogP contribution in [0.2, 0.25) is 0 Å². The minimum atomic E-state index is -1.24. The predicted molar refractivity (Wildman–Crippen MR) is 69.1 cm³/mol. The summed E-state index contributed by atoms with van der Waals surface area (Å²) in [6.07, 6.45) is 0. The number of rotatable bonds is 8. The Morgan fingerprint density at radius 3 is 2.80 bits per heavy atom. The Labute approximate surface area is 120 Å². The molecule has 110 valence electrons. The van der Waals surface area contributed by atoms with Gasteiger partial charge in [-0.3, -0.25) is 5.01 Å². The van der Waals surface area contributed by atoms with Crippen LogP contribution in [0.5, 0.6) is 5.75 Å². The van der Waals surface area contributed by atoms with E-state index in [1.807, 2.05) is 0 Å². The number of carboxylic acid groups (broad SMARTS) is 1. The Kier molecular flexibility index (Phi) is 6.77. The van der Waals surface area contributed by atoms with Crippen LogP contribution in [0.4, 0.5) is 5.69 Å². The standard InChI is InChI=1S/C11H15N3O5S/c1-14(7-11(15)16)13-12-9-6-8(20-19-18-3)4-5-10(9)17-2/h4-6H,7H2,1-3H3,(H,15,16)/p-1. The molecule has 0 saturated heterocycles. The summed E-state index contributed by atoms with van der Waals surface area (Å²) in [4.78, 5) is 15.6. The summed E-state index contributed by atoms with van der Waals surface area (Å²) in [5.74, 6) is -0.742. The van der Waals surface area contributed by atoms with Crippen LogP contribution in [0.25, 0.3) is 0 Å². The van der Waals surface area contributed by atoms with Crippen LogP contribution in [0.3, 0.4) is 0 Å². The second-order valence-electron chi connectivity index (χ2n) is 3.53. The number of likely N-dealkylation sites (N-methyl/N-ethyl adjacent to an activating group) is 1. The third-order valence-corrected chi connectivity index (χ3v) is 2.66. The maximum atomic E-state index is 10.4. The number of aliphatic carboxylic acids is 1. The summed E-state index contributed by atoms with van der Waals surface area (Å²) in [6.45, 7) is -0.354.